The number of rotatable bonds is 2. The molecule has 1 heteroatoms. The molecule has 0 saturated heterocycles. The topological polar surface area (TPSA) is 12.0 Å². The fourth-order valence-corrected chi connectivity index (χ4v) is 1.55. The summed E-state index contributed by atoms with van der Waals surface area (Å²) in [6.07, 6.45) is 5.45. The molecule has 62 valence electrons. The predicted octanol–water partition coefficient (Wildman–Crippen LogP) is 1.96. The molecule has 1 aromatic carbocycles. The lowest BCUT2D eigenvalue weighted by atomic mass is 10.0. The first kappa shape index (κ1) is 7.41. The van der Waals surface area contributed by atoms with Gasteiger partial charge in [-0.05, 0) is 24.1 Å². The van der Waals surface area contributed by atoms with Crippen LogP contribution >= 0.6 is 0 Å². The van der Waals surface area contributed by atoms with Gasteiger partial charge in [0.25, 0.3) is 0 Å². The van der Waals surface area contributed by atoms with Crippen LogP contribution in [0, 0.1) is 5.92 Å². The molecule has 0 spiro atoms. The first-order valence-electron chi connectivity index (χ1n) is 4.39. The minimum atomic E-state index is 0.687. The van der Waals surface area contributed by atoms with Crippen LogP contribution in [0.3, 0.4) is 0 Å². The summed E-state index contributed by atoms with van der Waals surface area (Å²) in [4.78, 5) is 0. The van der Waals surface area contributed by atoms with E-state index in [4.69, 9.17) is 0 Å². The highest BCUT2D eigenvalue weighted by Crippen LogP contribution is 2.11. The van der Waals surface area contributed by atoms with Gasteiger partial charge in [-0.1, -0.05) is 36.4 Å². The van der Waals surface area contributed by atoms with Crippen LogP contribution in [0.2, 0.25) is 0 Å². The second kappa shape index (κ2) is 3.44. The summed E-state index contributed by atoms with van der Waals surface area (Å²) in [5.41, 5.74) is 1.43. The van der Waals surface area contributed by atoms with Gasteiger partial charge in [-0.25, -0.2) is 0 Å². The van der Waals surface area contributed by atoms with Crippen LogP contribution in [0.15, 0.2) is 42.6 Å². The standard InChI is InChI=1S/C11H13N/c1-2-4-10(5-3-1)8-11-6-7-12-9-11/h1-7,11-12H,8-9H2/t11-/m0/s1. The number of benzene rings is 1. The van der Waals surface area contributed by atoms with Gasteiger partial charge in [0.15, 0.2) is 0 Å². The van der Waals surface area contributed by atoms with Crippen LogP contribution in [0.25, 0.3) is 0 Å². The van der Waals surface area contributed by atoms with Crippen LogP contribution in [0.4, 0.5) is 0 Å². The third-order valence-corrected chi connectivity index (χ3v) is 2.21. The molecule has 1 aliphatic heterocycles. The maximum Gasteiger partial charge on any atom is 0.0208 e. The van der Waals surface area contributed by atoms with Gasteiger partial charge in [-0.3, -0.25) is 0 Å². The highest BCUT2D eigenvalue weighted by atomic mass is 14.9. The lowest BCUT2D eigenvalue weighted by Crippen LogP contribution is -2.10. The summed E-state index contributed by atoms with van der Waals surface area (Å²) in [5, 5.41) is 3.21. The van der Waals surface area contributed by atoms with E-state index >= 15 is 0 Å². The molecule has 0 aliphatic carbocycles. The van der Waals surface area contributed by atoms with Crippen LogP contribution in [0.1, 0.15) is 5.56 Å². The molecule has 0 radical (unpaired) electrons. The molecule has 1 aromatic rings. The number of hydrogen-bond donors (Lipinski definition) is 1. The van der Waals surface area contributed by atoms with Crippen molar-refractivity contribution in [3.05, 3.63) is 48.2 Å². The zero-order valence-electron chi connectivity index (χ0n) is 7.03. The van der Waals surface area contributed by atoms with E-state index in [-0.39, 0.29) is 0 Å². The zero-order chi connectivity index (χ0) is 8.23. The molecular weight excluding hydrogens is 146 g/mol. The Balaban J connectivity index is 1.99. The van der Waals surface area contributed by atoms with Crippen molar-refractivity contribution in [2.24, 2.45) is 5.92 Å². The SMILES string of the molecule is C1=C[C@@H](Cc2ccccc2)CN1. The van der Waals surface area contributed by atoms with Crippen molar-refractivity contribution in [1.82, 2.24) is 5.32 Å². The average molecular weight is 159 g/mol. The van der Waals surface area contributed by atoms with Crippen molar-refractivity contribution in [1.29, 1.82) is 0 Å². The van der Waals surface area contributed by atoms with Crippen LogP contribution in [-0.4, -0.2) is 6.54 Å². The van der Waals surface area contributed by atoms with E-state index in [1.807, 2.05) is 6.20 Å². The van der Waals surface area contributed by atoms with Gasteiger partial charge >= 0.3 is 0 Å². The molecule has 0 amide bonds. The van der Waals surface area contributed by atoms with Crippen molar-refractivity contribution >= 4 is 0 Å². The van der Waals surface area contributed by atoms with Crippen LogP contribution in [-0.2, 0) is 6.42 Å². The Kier molecular flexibility index (Phi) is 2.12. The second-order valence-corrected chi connectivity index (χ2v) is 3.22. The highest BCUT2D eigenvalue weighted by Gasteiger charge is 2.08. The Labute approximate surface area is 73.1 Å². The van der Waals surface area contributed by atoms with E-state index in [2.05, 4.69) is 41.7 Å². The second-order valence-electron chi connectivity index (χ2n) is 3.22. The van der Waals surface area contributed by atoms with Gasteiger partial charge in [0.2, 0.25) is 0 Å². The molecule has 1 N–H and O–H groups in total. The molecule has 1 aliphatic rings. The molecule has 0 fully saturated rings. The van der Waals surface area contributed by atoms with E-state index < -0.39 is 0 Å². The molecule has 0 unspecified atom stereocenters. The smallest absolute Gasteiger partial charge is 0.0208 e. The van der Waals surface area contributed by atoms with E-state index in [9.17, 15) is 0 Å². The molecule has 0 bridgehead atoms. The molecule has 1 nitrogen and oxygen atoms in total. The monoisotopic (exact) mass is 159 g/mol. The summed E-state index contributed by atoms with van der Waals surface area (Å²) in [6, 6.07) is 10.6. The first-order valence-corrected chi connectivity index (χ1v) is 4.39. The Morgan fingerprint density at radius 1 is 1.25 bits per heavy atom. The third kappa shape index (κ3) is 1.67. The summed E-state index contributed by atoms with van der Waals surface area (Å²) >= 11 is 0. The number of nitrogens with one attached hydrogen (secondary N) is 1. The molecule has 1 atom stereocenters. The lowest BCUT2D eigenvalue weighted by Gasteiger charge is -2.06. The summed E-state index contributed by atoms with van der Waals surface area (Å²) in [6.45, 7) is 1.09. The Bertz CT molecular complexity index is 264. The zero-order valence-corrected chi connectivity index (χ0v) is 7.03. The van der Waals surface area contributed by atoms with Crippen LogP contribution < -0.4 is 5.32 Å². The largest absolute Gasteiger partial charge is 0.391 e. The van der Waals surface area contributed by atoms with E-state index in [1.165, 1.54) is 5.56 Å². The third-order valence-electron chi connectivity index (χ3n) is 2.21. The fraction of sp³-hybridized carbons (Fsp3) is 0.273. The van der Waals surface area contributed by atoms with Crippen molar-refractivity contribution in [2.75, 3.05) is 6.54 Å². The molecule has 1 heterocycles. The minimum absolute atomic E-state index is 0.687. The van der Waals surface area contributed by atoms with Gasteiger partial charge in [0.1, 0.15) is 0 Å². The summed E-state index contributed by atoms with van der Waals surface area (Å²) < 4.78 is 0. The average Bonchev–Trinajstić information content (AvgIpc) is 2.59. The molecule has 0 saturated carbocycles. The maximum absolute atomic E-state index is 3.21. The van der Waals surface area contributed by atoms with Gasteiger partial charge in [-0.2, -0.15) is 0 Å². The Morgan fingerprint density at radius 2 is 2.08 bits per heavy atom. The maximum atomic E-state index is 3.21. The van der Waals surface area contributed by atoms with Gasteiger partial charge in [-0.15, -0.1) is 0 Å². The van der Waals surface area contributed by atoms with Crippen molar-refractivity contribution in [3.63, 3.8) is 0 Å². The van der Waals surface area contributed by atoms with Gasteiger partial charge in [0, 0.05) is 6.54 Å². The van der Waals surface area contributed by atoms with Crippen molar-refractivity contribution in [3.8, 4) is 0 Å². The minimum Gasteiger partial charge on any atom is -0.391 e. The van der Waals surface area contributed by atoms with Crippen LogP contribution in [0.5, 0.6) is 0 Å². The summed E-state index contributed by atoms with van der Waals surface area (Å²) in [5.74, 6) is 0.687. The molecule has 0 aromatic heterocycles. The predicted molar refractivity (Wildman–Crippen MR) is 50.8 cm³/mol. The Hall–Kier alpha value is -1.24. The molecule has 2 rings (SSSR count). The van der Waals surface area contributed by atoms with E-state index in [1.54, 1.807) is 0 Å². The molecular formula is C11H13N. The van der Waals surface area contributed by atoms with Gasteiger partial charge < -0.3 is 5.32 Å². The van der Waals surface area contributed by atoms with Crippen molar-refractivity contribution in [2.45, 2.75) is 6.42 Å². The highest BCUT2D eigenvalue weighted by molar-refractivity contribution is 5.17. The normalized spacial score (nSPS) is 20.8. The fourth-order valence-electron chi connectivity index (χ4n) is 1.55. The quantitative estimate of drug-likeness (QED) is 0.695. The number of hydrogen-bond acceptors (Lipinski definition) is 1. The van der Waals surface area contributed by atoms with E-state index in [0.29, 0.717) is 5.92 Å². The van der Waals surface area contributed by atoms with Gasteiger partial charge in [0.05, 0.1) is 0 Å². The molecule has 12 heavy (non-hydrogen) atoms. The Morgan fingerprint density at radius 3 is 2.75 bits per heavy atom. The summed E-state index contributed by atoms with van der Waals surface area (Å²) in [7, 11) is 0. The van der Waals surface area contributed by atoms with Crippen molar-refractivity contribution < 1.29 is 0 Å². The van der Waals surface area contributed by atoms with E-state index in [0.717, 1.165) is 13.0 Å². The first-order chi connectivity index (χ1) is 5.95. The lowest BCUT2D eigenvalue weighted by molar-refractivity contribution is 0.653.